The minimum Gasteiger partial charge on any atom is -0.493 e. The van der Waals surface area contributed by atoms with Gasteiger partial charge in [0.25, 0.3) is 5.91 Å². The van der Waals surface area contributed by atoms with E-state index in [0.717, 1.165) is 22.0 Å². The topological polar surface area (TPSA) is 92.8 Å². The zero-order valence-electron chi connectivity index (χ0n) is 21.2. The van der Waals surface area contributed by atoms with E-state index in [0.29, 0.717) is 33.2 Å². The molecule has 194 valence electrons. The third-order valence-electron chi connectivity index (χ3n) is 6.13. The lowest BCUT2D eigenvalue weighted by molar-refractivity contribution is 0.0729. The molecule has 2 N–H and O–H groups in total. The predicted octanol–water partition coefficient (Wildman–Crippen LogP) is 6.79. The normalized spacial score (nSPS) is 11.1. The van der Waals surface area contributed by atoms with Crippen molar-refractivity contribution in [2.45, 2.75) is 6.92 Å². The molecular weight excluding hydrogens is 514 g/mol. The zero-order valence-corrected chi connectivity index (χ0v) is 22.0. The quantitative estimate of drug-likeness (QED) is 0.103. The number of hydrogen-bond donors (Lipinski definition) is 2. The Balaban J connectivity index is 1.35. The van der Waals surface area contributed by atoms with E-state index in [1.807, 2.05) is 61.5 Å². The SMILES string of the molecule is COc1cc(C=NNC(=O)c2[nH]c3ccccc3c2-c2ccccc2Cl)ccc1OC(=O)c1ccc(C)cc1. The Morgan fingerprint density at radius 1 is 0.923 bits per heavy atom. The standard InChI is InChI=1S/C31H24ClN3O4/c1-19-11-14-21(15-12-19)31(37)39-26-16-13-20(17-27(26)38-2)18-33-35-30(36)29-28(22-7-3-5-9-24(22)32)23-8-4-6-10-25(23)34-29/h3-18,34H,1-2H3,(H,35,36). The molecule has 5 rings (SSSR count). The number of hydrogen-bond acceptors (Lipinski definition) is 5. The minimum absolute atomic E-state index is 0.270. The first-order valence-electron chi connectivity index (χ1n) is 12.1. The number of rotatable bonds is 7. The van der Waals surface area contributed by atoms with Gasteiger partial charge in [-0.1, -0.05) is 65.7 Å². The number of ether oxygens (including phenoxy) is 2. The van der Waals surface area contributed by atoms with Crippen molar-refractivity contribution in [2.75, 3.05) is 7.11 Å². The second-order valence-corrected chi connectivity index (χ2v) is 9.17. The number of aryl methyl sites for hydroxylation is 1. The van der Waals surface area contributed by atoms with Gasteiger partial charge in [0.2, 0.25) is 0 Å². The van der Waals surface area contributed by atoms with Gasteiger partial charge in [-0.3, -0.25) is 4.79 Å². The summed E-state index contributed by atoms with van der Waals surface area (Å²) in [6, 6.07) is 27.1. The van der Waals surface area contributed by atoms with Crippen molar-refractivity contribution in [1.29, 1.82) is 0 Å². The Labute approximate surface area is 230 Å². The number of nitrogens with zero attached hydrogens (tertiary/aromatic N) is 1. The number of carbonyl (C=O) groups excluding carboxylic acids is 2. The van der Waals surface area contributed by atoms with Gasteiger partial charge in [0.05, 0.1) is 18.9 Å². The molecule has 1 aromatic heterocycles. The predicted molar refractivity (Wildman–Crippen MR) is 153 cm³/mol. The van der Waals surface area contributed by atoms with Crippen LogP contribution in [-0.4, -0.2) is 30.2 Å². The van der Waals surface area contributed by atoms with Crippen molar-refractivity contribution in [3.63, 3.8) is 0 Å². The molecule has 1 amide bonds. The number of para-hydroxylation sites is 1. The number of amides is 1. The maximum absolute atomic E-state index is 13.2. The smallest absolute Gasteiger partial charge is 0.343 e. The number of hydrazone groups is 1. The van der Waals surface area contributed by atoms with Crippen LogP contribution >= 0.6 is 11.6 Å². The number of esters is 1. The summed E-state index contributed by atoms with van der Waals surface area (Å²) in [5, 5.41) is 5.54. The molecule has 39 heavy (non-hydrogen) atoms. The Kier molecular flexibility index (Phi) is 7.43. The fourth-order valence-corrected chi connectivity index (χ4v) is 4.40. The average Bonchev–Trinajstić information content (AvgIpc) is 3.34. The lowest BCUT2D eigenvalue weighted by Crippen LogP contribution is -2.19. The molecule has 0 bridgehead atoms. The first kappa shape index (κ1) is 25.8. The number of nitrogens with one attached hydrogen (secondary N) is 2. The van der Waals surface area contributed by atoms with Gasteiger partial charge < -0.3 is 14.5 Å². The fraction of sp³-hybridized carbons (Fsp3) is 0.0645. The number of aromatic amines is 1. The molecule has 0 aliphatic carbocycles. The van der Waals surface area contributed by atoms with Crippen molar-refractivity contribution in [2.24, 2.45) is 5.10 Å². The summed E-state index contributed by atoms with van der Waals surface area (Å²) in [7, 11) is 1.48. The summed E-state index contributed by atoms with van der Waals surface area (Å²) < 4.78 is 10.9. The van der Waals surface area contributed by atoms with Gasteiger partial charge in [-0.2, -0.15) is 5.10 Å². The summed E-state index contributed by atoms with van der Waals surface area (Å²) >= 11 is 6.47. The molecule has 0 fully saturated rings. The molecule has 8 heteroatoms. The molecule has 0 spiro atoms. The number of H-pyrrole nitrogens is 1. The monoisotopic (exact) mass is 537 g/mol. The lowest BCUT2D eigenvalue weighted by Gasteiger charge is -2.10. The molecule has 0 saturated heterocycles. The number of fused-ring (bicyclic) bond motifs is 1. The third kappa shape index (κ3) is 5.54. The molecule has 0 radical (unpaired) electrons. The molecule has 0 saturated carbocycles. The molecule has 5 aromatic rings. The molecule has 0 aliphatic rings. The van der Waals surface area contributed by atoms with Crippen LogP contribution in [0.3, 0.4) is 0 Å². The van der Waals surface area contributed by atoms with E-state index in [1.54, 1.807) is 36.4 Å². The van der Waals surface area contributed by atoms with Crippen LogP contribution in [0.2, 0.25) is 5.02 Å². The fourth-order valence-electron chi connectivity index (χ4n) is 4.17. The summed E-state index contributed by atoms with van der Waals surface area (Å²) in [4.78, 5) is 28.9. The molecule has 1 heterocycles. The summed E-state index contributed by atoms with van der Waals surface area (Å²) in [5.74, 6) is -0.295. The van der Waals surface area contributed by atoms with Crippen molar-refractivity contribution in [3.8, 4) is 22.6 Å². The highest BCUT2D eigenvalue weighted by atomic mass is 35.5. The van der Waals surface area contributed by atoms with Gasteiger partial charge in [0.1, 0.15) is 5.69 Å². The highest BCUT2D eigenvalue weighted by Gasteiger charge is 2.20. The number of methoxy groups -OCH3 is 1. The van der Waals surface area contributed by atoms with Gasteiger partial charge in [-0.05, 0) is 55.0 Å². The largest absolute Gasteiger partial charge is 0.493 e. The minimum atomic E-state index is -0.491. The van der Waals surface area contributed by atoms with E-state index in [4.69, 9.17) is 21.1 Å². The maximum atomic E-state index is 13.2. The highest BCUT2D eigenvalue weighted by Crippen LogP contribution is 2.36. The van der Waals surface area contributed by atoms with Crippen LogP contribution in [0, 0.1) is 6.92 Å². The number of aromatic nitrogens is 1. The second kappa shape index (κ2) is 11.2. The van der Waals surface area contributed by atoms with Gasteiger partial charge >= 0.3 is 5.97 Å². The highest BCUT2D eigenvalue weighted by molar-refractivity contribution is 6.34. The molecule has 4 aromatic carbocycles. The molecule has 7 nitrogen and oxygen atoms in total. The Hall–Kier alpha value is -4.88. The Bertz CT molecular complexity index is 1710. The molecule has 0 atom stereocenters. The van der Waals surface area contributed by atoms with Gasteiger partial charge in [0.15, 0.2) is 11.5 Å². The van der Waals surface area contributed by atoms with Gasteiger partial charge in [-0.15, -0.1) is 0 Å². The van der Waals surface area contributed by atoms with E-state index in [1.165, 1.54) is 13.3 Å². The molecular formula is C31H24ClN3O4. The number of halogens is 1. The average molecular weight is 538 g/mol. The molecule has 0 aliphatic heterocycles. The summed E-state index contributed by atoms with van der Waals surface area (Å²) in [6.07, 6.45) is 1.48. The first-order valence-corrected chi connectivity index (χ1v) is 12.5. The summed E-state index contributed by atoms with van der Waals surface area (Å²) in [6.45, 7) is 1.94. The van der Waals surface area contributed by atoms with E-state index >= 15 is 0 Å². The second-order valence-electron chi connectivity index (χ2n) is 8.77. The number of benzene rings is 4. The summed E-state index contributed by atoms with van der Waals surface area (Å²) in [5.41, 5.74) is 7.28. The van der Waals surface area contributed by atoms with Crippen LogP contribution in [0.5, 0.6) is 11.5 Å². The zero-order chi connectivity index (χ0) is 27.4. The van der Waals surface area contributed by atoms with Crippen LogP contribution in [0.25, 0.3) is 22.0 Å². The molecule has 0 unspecified atom stereocenters. The number of carbonyl (C=O) groups is 2. The van der Waals surface area contributed by atoms with Crippen molar-refractivity contribution in [3.05, 3.63) is 118 Å². The van der Waals surface area contributed by atoms with Crippen molar-refractivity contribution >= 4 is 40.6 Å². The lowest BCUT2D eigenvalue weighted by atomic mass is 10.0. The third-order valence-corrected chi connectivity index (χ3v) is 6.46. The van der Waals surface area contributed by atoms with E-state index < -0.39 is 11.9 Å². The van der Waals surface area contributed by atoms with Crippen molar-refractivity contribution < 1.29 is 19.1 Å². The van der Waals surface area contributed by atoms with Crippen LogP contribution < -0.4 is 14.9 Å². The van der Waals surface area contributed by atoms with E-state index in [9.17, 15) is 9.59 Å². The van der Waals surface area contributed by atoms with Crippen LogP contribution in [0.15, 0.2) is 96.1 Å². The van der Waals surface area contributed by atoms with Gasteiger partial charge in [-0.25, -0.2) is 10.2 Å². The van der Waals surface area contributed by atoms with Crippen LogP contribution in [-0.2, 0) is 0 Å². The van der Waals surface area contributed by atoms with Crippen LogP contribution in [0.4, 0.5) is 0 Å². The van der Waals surface area contributed by atoms with Gasteiger partial charge in [0, 0.05) is 27.1 Å². The van der Waals surface area contributed by atoms with Crippen molar-refractivity contribution in [1.82, 2.24) is 10.4 Å². The van der Waals surface area contributed by atoms with E-state index in [-0.39, 0.29) is 5.75 Å². The van der Waals surface area contributed by atoms with E-state index in [2.05, 4.69) is 15.5 Å². The van der Waals surface area contributed by atoms with Crippen LogP contribution in [0.1, 0.15) is 32.0 Å². The Morgan fingerprint density at radius 2 is 1.67 bits per heavy atom. The Morgan fingerprint density at radius 3 is 2.44 bits per heavy atom. The maximum Gasteiger partial charge on any atom is 0.343 e. The first-order chi connectivity index (χ1) is 18.9.